The first-order chi connectivity index (χ1) is 10.1. The lowest BCUT2D eigenvalue weighted by atomic mass is 9.69. The molecule has 0 N–H and O–H groups in total. The highest BCUT2D eigenvalue weighted by Crippen LogP contribution is 2.64. The summed E-state index contributed by atoms with van der Waals surface area (Å²) in [5, 5.41) is 4.08. The van der Waals surface area contributed by atoms with E-state index in [0.717, 1.165) is 18.4 Å². The Morgan fingerprint density at radius 2 is 2.05 bits per heavy atom. The average molecular weight is 283 g/mol. The number of rotatable bonds is 2. The van der Waals surface area contributed by atoms with E-state index < -0.39 is 5.41 Å². The van der Waals surface area contributed by atoms with Crippen LogP contribution < -0.4 is 0 Å². The Morgan fingerprint density at radius 3 is 2.67 bits per heavy atom. The number of hydrogen-bond donors (Lipinski definition) is 0. The van der Waals surface area contributed by atoms with Crippen molar-refractivity contribution in [2.45, 2.75) is 38.5 Å². The van der Waals surface area contributed by atoms with Crippen LogP contribution >= 0.6 is 0 Å². The second-order valence-corrected chi connectivity index (χ2v) is 6.65. The predicted molar refractivity (Wildman–Crippen MR) is 75.3 cm³/mol. The third kappa shape index (κ3) is 1.46. The van der Waals surface area contributed by atoms with E-state index >= 15 is 0 Å². The fourth-order valence-electron chi connectivity index (χ4n) is 4.19. The molecular weight excluding hydrogens is 266 g/mol. The average Bonchev–Trinajstić information content (AvgIpc) is 3.11. The second kappa shape index (κ2) is 4.00. The molecule has 2 aliphatic rings. The first kappa shape index (κ1) is 12.7. The summed E-state index contributed by atoms with van der Waals surface area (Å²) in [6.45, 7) is 4.32. The summed E-state index contributed by atoms with van der Waals surface area (Å²) in [4.78, 5) is 21.1. The van der Waals surface area contributed by atoms with Crippen LogP contribution in [-0.4, -0.2) is 20.9 Å². The van der Waals surface area contributed by atoms with Gasteiger partial charge >= 0.3 is 0 Å². The van der Waals surface area contributed by atoms with Gasteiger partial charge in [-0.2, -0.15) is 4.98 Å². The molecule has 5 heteroatoms. The van der Waals surface area contributed by atoms with Crippen LogP contribution in [0.15, 0.2) is 29.0 Å². The van der Waals surface area contributed by atoms with Crippen LogP contribution in [0.3, 0.4) is 0 Å². The van der Waals surface area contributed by atoms with E-state index in [9.17, 15) is 4.79 Å². The molecule has 4 rings (SSSR count). The van der Waals surface area contributed by atoms with Gasteiger partial charge in [-0.25, -0.2) is 0 Å². The van der Waals surface area contributed by atoms with Crippen molar-refractivity contribution in [3.63, 3.8) is 0 Å². The van der Waals surface area contributed by atoms with Crippen LogP contribution in [0.2, 0.25) is 0 Å². The number of Topliss-reactive ketones (excluding diaryl/α,β-unsaturated/α-hetero) is 1. The first-order valence-corrected chi connectivity index (χ1v) is 7.33. The van der Waals surface area contributed by atoms with Crippen molar-refractivity contribution in [1.29, 1.82) is 0 Å². The van der Waals surface area contributed by atoms with Gasteiger partial charge < -0.3 is 4.52 Å². The van der Waals surface area contributed by atoms with Crippen molar-refractivity contribution < 1.29 is 9.32 Å². The molecule has 0 spiro atoms. The molecule has 2 saturated carbocycles. The summed E-state index contributed by atoms with van der Waals surface area (Å²) in [5.41, 5.74) is 0.163. The Balaban J connectivity index is 1.81. The van der Waals surface area contributed by atoms with Gasteiger partial charge in [-0.3, -0.25) is 9.78 Å². The molecule has 0 unspecified atom stereocenters. The number of nitrogens with zero attached hydrogens (tertiary/aromatic N) is 3. The molecule has 0 amide bonds. The third-order valence-corrected chi connectivity index (χ3v) is 5.63. The van der Waals surface area contributed by atoms with Gasteiger partial charge in [0.05, 0.1) is 0 Å². The molecule has 0 aromatic carbocycles. The van der Waals surface area contributed by atoms with Crippen molar-refractivity contribution in [2.75, 3.05) is 0 Å². The number of fused-ring (bicyclic) bond motifs is 2. The van der Waals surface area contributed by atoms with Crippen LogP contribution in [0.4, 0.5) is 0 Å². The van der Waals surface area contributed by atoms with Crippen molar-refractivity contribution in [1.82, 2.24) is 15.1 Å². The largest absolute Gasteiger partial charge is 0.338 e. The minimum absolute atomic E-state index is 0.105. The summed E-state index contributed by atoms with van der Waals surface area (Å²) in [5.74, 6) is 1.71. The van der Waals surface area contributed by atoms with E-state index in [2.05, 4.69) is 29.0 Å². The molecule has 0 saturated heterocycles. The highest BCUT2D eigenvalue weighted by atomic mass is 16.5. The van der Waals surface area contributed by atoms with Gasteiger partial charge in [-0.15, -0.1) is 0 Å². The molecule has 2 aliphatic carbocycles. The van der Waals surface area contributed by atoms with Gasteiger partial charge in [0, 0.05) is 24.4 Å². The molecule has 21 heavy (non-hydrogen) atoms. The zero-order valence-corrected chi connectivity index (χ0v) is 12.2. The van der Waals surface area contributed by atoms with Crippen molar-refractivity contribution in [3.05, 3.63) is 30.4 Å². The normalized spacial score (nSPS) is 30.0. The fourth-order valence-corrected chi connectivity index (χ4v) is 4.19. The second-order valence-electron chi connectivity index (χ2n) is 6.65. The molecule has 2 bridgehead atoms. The van der Waals surface area contributed by atoms with E-state index in [1.807, 2.05) is 12.1 Å². The molecule has 5 nitrogen and oxygen atoms in total. The monoisotopic (exact) mass is 283 g/mol. The highest BCUT2D eigenvalue weighted by molar-refractivity contribution is 5.94. The summed E-state index contributed by atoms with van der Waals surface area (Å²) in [7, 11) is 0. The smallest absolute Gasteiger partial charge is 0.241 e. The van der Waals surface area contributed by atoms with Gasteiger partial charge in [-0.05, 0) is 36.3 Å². The molecule has 2 fully saturated rings. The molecule has 108 valence electrons. The molecule has 0 aliphatic heterocycles. The number of carbonyl (C=O) groups excluding carboxylic acids is 1. The van der Waals surface area contributed by atoms with E-state index in [1.165, 1.54) is 0 Å². The Kier molecular flexibility index (Phi) is 2.41. The minimum atomic E-state index is -0.587. The zero-order valence-electron chi connectivity index (χ0n) is 12.2. The molecule has 2 aromatic rings. The van der Waals surface area contributed by atoms with Gasteiger partial charge in [0.1, 0.15) is 11.2 Å². The first-order valence-electron chi connectivity index (χ1n) is 7.33. The number of ketones is 1. The van der Waals surface area contributed by atoms with Gasteiger partial charge in [0.15, 0.2) is 0 Å². The summed E-state index contributed by atoms with van der Waals surface area (Å²) < 4.78 is 5.53. The fraction of sp³-hybridized carbons (Fsp3) is 0.500. The van der Waals surface area contributed by atoms with Gasteiger partial charge in [0.25, 0.3) is 0 Å². The Labute approximate surface area is 122 Å². The lowest BCUT2D eigenvalue weighted by Gasteiger charge is -2.32. The van der Waals surface area contributed by atoms with Crippen LogP contribution in [0.5, 0.6) is 0 Å². The van der Waals surface area contributed by atoms with Crippen molar-refractivity contribution in [2.24, 2.45) is 11.3 Å². The van der Waals surface area contributed by atoms with Gasteiger partial charge in [-0.1, -0.05) is 19.0 Å². The number of pyridine rings is 1. The van der Waals surface area contributed by atoms with Gasteiger partial charge in [0.2, 0.25) is 11.7 Å². The number of carbonyl (C=O) groups is 1. The van der Waals surface area contributed by atoms with E-state index in [-0.39, 0.29) is 11.2 Å². The molecule has 0 radical (unpaired) electrons. The maximum absolute atomic E-state index is 12.6. The van der Waals surface area contributed by atoms with E-state index in [0.29, 0.717) is 24.1 Å². The molecular formula is C16H17N3O2. The highest BCUT2D eigenvalue weighted by Gasteiger charge is 2.67. The minimum Gasteiger partial charge on any atom is -0.338 e. The summed E-state index contributed by atoms with van der Waals surface area (Å²) in [6.07, 6.45) is 5.91. The number of hydrogen-bond acceptors (Lipinski definition) is 5. The molecule has 2 heterocycles. The lowest BCUT2D eigenvalue weighted by Crippen LogP contribution is -2.40. The van der Waals surface area contributed by atoms with Crippen molar-refractivity contribution in [3.8, 4) is 11.4 Å². The maximum Gasteiger partial charge on any atom is 0.241 e. The third-order valence-electron chi connectivity index (χ3n) is 5.63. The van der Waals surface area contributed by atoms with Crippen molar-refractivity contribution >= 4 is 5.78 Å². The zero-order chi connectivity index (χ0) is 14.7. The van der Waals surface area contributed by atoms with Crippen LogP contribution in [0.1, 0.15) is 39.0 Å². The number of aromatic nitrogens is 3. The Bertz CT molecular complexity index is 707. The molecule has 2 atom stereocenters. The predicted octanol–water partition coefficient (Wildman–Crippen LogP) is 2.78. The topological polar surface area (TPSA) is 68.9 Å². The molecule has 2 aromatic heterocycles. The van der Waals surface area contributed by atoms with Crippen LogP contribution in [0.25, 0.3) is 11.4 Å². The standard InChI is InChI=1S/C16H17N3O2/c1-15(2)11-3-6-16(15,12(20)9-11)14-18-13(19-21-14)10-4-7-17-8-5-10/h4-5,7-8,11H,3,6,9H2,1-2H3/t11-,16+/m1/s1. The summed E-state index contributed by atoms with van der Waals surface area (Å²) in [6, 6.07) is 3.68. The maximum atomic E-state index is 12.6. The van der Waals surface area contributed by atoms with E-state index in [1.54, 1.807) is 12.4 Å². The van der Waals surface area contributed by atoms with Crippen LogP contribution in [0, 0.1) is 11.3 Å². The summed E-state index contributed by atoms with van der Waals surface area (Å²) >= 11 is 0. The quantitative estimate of drug-likeness (QED) is 0.847. The van der Waals surface area contributed by atoms with Crippen LogP contribution in [-0.2, 0) is 10.2 Å². The SMILES string of the molecule is CC1(C)[C@@H]2CC[C@@]1(c1nc(-c3ccncc3)no1)C(=O)C2. The lowest BCUT2D eigenvalue weighted by molar-refractivity contribution is -0.125. The Morgan fingerprint density at radius 1 is 1.29 bits per heavy atom. The van der Waals surface area contributed by atoms with E-state index in [4.69, 9.17) is 4.52 Å². The Hall–Kier alpha value is -2.04.